The van der Waals surface area contributed by atoms with Gasteiger partial charge in [0, 0.05) is 5.92 Å². The molecule has 2 aliphatic rings. The molecule has 2 N–H and O–H groups in total. The molecule has 0 bridgehead atoms. The van der Waals surface area contributed by atoms with Gasteiger partial charge < -0.3 is 5.73 Å². The molecule has 3 amide bonds. The number of likely N-dealkylation sites (tertiary alicyclic amines) is 1. The van der Waals surface area contributed by atoms with Gasteiger partial charge >= 0.3 is 0 Å². The summed E-state index contributed by atoms with van der Waals surface area (Å²) in [4.78, 5) is 40.0. The minimum atomic E-state index is -0.420. The Morgan fingerprint density at radius 3 is 2.50 bits per heavy atom. The molecule has 1 aromatic carbocycles. The van der Waals surface area contributed by atoms with Crippen LogP contribution in [0.1, 0.15) is 31.7 Å². The third-order valence-electron chi connectivity index (χ3n) is 5.11. The summed E-state index contributed by atoms with van der Waals surface area (Å²) in [5.74, 6) is -0.700. The molecule has 6 nitrogen and oxygen atoms in total. The molecule has 2 fully saturated rings. The first-order chi connectivity index (χ1) is 11.5. The van der Waals surface area contributed by atoms with Gasteiger partial charge in [-0.1, -0.05) is 25.1 Å². The van der Waals surface area contributed by atoms with E-state index in [-0.39, 0.29) is 30.1 Å². The van der Waals surface area contributed by atoms with E-state index >= 15 is 0 Å². The van der Waals surface area contributed by atoms with Gasteiger partial charge in [-0.15, -0.1) is 0 Å². The molecule has 6 heteroatoms. The van der Waals surface area contributed by atoms with Crippen molar-refractivity contribution in [1.82, 2.24) is 4.90 Å². The maximum atomic E-state index is 12.9. The number of carbonyl (C=O) groups excluding carboxylic acids is 3. The van der Waals surface area contributed by atoms with Crippen molar-refractivity contribution in [3.63, 3.8) is 0 Å². The molecule has 1 aromatic rings. The van der Waals surface area contributed by atoms with E-state index in [1.165, 1.54) is 4.90 Å². The van der Waals surface area contributed by atoms with Crippen molar-refractivity contribution in [2.24, 2.45) is 11.7 Å². The number of hydrogen-bond acceptors (Lipinski definition) is 4. The van der Waals surface area contributed by atoms with Crippen LogP contribution in [0.3, 0.4) is 0 Å². The monoisotopic (exact) mass is 329 g/mol. The number of rotatable bonds is 4. The van der Waals surface area contributed by atoms with E-state index in [2.05, 4.69) is 0 Å². The Morgan fingerprint density at radius 2 is 1.88 bits per heavy atom. The lowest BCUT2D eigenvalue weighted by molar-refractivity contribution is -0.124. The zero-order valence-electron chi connectivity index (χ0n) is 13.9. The lowest BCUT2D eigenvalue weighted by atomic mass is 9.95. The smallest absolute Gasteiger partial charge is 0.251 e. The second kappa shape index (κ2) is 6.73. The highest BCUT2D eigenvalue weighted by atomic mass is 16.2. The van der Waals surface area contributed by atoms with Gasteiger partial charge in [0.25, 0.3) is 5.91 Å². The van der Waals surface area contributed by atoms with E-state index in [1.54, 1.807) is 0 Å². The van der Waals surface area contributed by atoms with Crippen molar-refractivity contribution in [1.29, 1.82) is 0 Å². The van der Waals surface area contributed by atoms with Crippen molar-refractivity contribution in [2.45, 2.75) is 38.6 Å². The summed E-state index contributed by atoms with van der Waals surface area (Å²) >= 11 is 0. The Hall–Kier alpha value is -2.21. The van der Waals surface area contributed by atoms with Crippen LogP contribution in [0, 0.1) is 5.92 Å². The first-order valence-electron chi connectivity index (χ1n) is 8.51. The van der Waals surface area contributed by atoms with E-state index in [4.69, 9.17) is 5.73 Å². The average Bonchev–Trinajstić information content (AvgIpc) is 2.89. The van der Waals surface area contributed by atoms with E-state index in [9.17, 15) is 14.4 Å². The van der Waals surface area contributed by atoms with Crippen molar-refractivity contribution >= 4 is 23.4 Å². The third kappa shape index (κ3) is 2.94. The molecule has 0 aliphatic carbocycles. The van der Waals surface area contributed by atoms with Crippen LogP contribution in [0.4, 0.5) is 5.69 Å². The number of benzene rings is 1. The van der Waals surface area contributed by atoms with Crippen LogP contribution in [0.2, 0.25) is 0 Å². The van der Waals surface area contributed by atoms with Crippen LogP contribution in [0.25, 0.3) is 0 Å². The van der Waals surface area contributed by atoms with Gasteiger partial charge in [0.2, 0.25) is 11.8 Å². The van der Waals surface area contributed by atoms with Gasteiger partial charge in [-0.05, 0) is 44.0 Å². The molecule has 2 saturated heterocycles. The molecule has 1 atom stereocenters. The Balaban J connectivity index is 1.76. The van der Waals surface area contributed by atoms with E-state index < -0.39 is 6.04 Å². The molecule has 0 radical (unpaired) electrons. The molecule has 0 aromatic heterocycles. The van der Waals surface area contributed by atoms with Gasteiger partial charge in [-0.25, -0.2) is 4.90 Å². The number of hydrogen-bond donors (Lipinski definition) is 1. The Bertz CT molecular complexity index is 665. The molecule has 3 rings (SSSR count). The molecule has 2 aliphatic heterocycles. The molecular weight excluding hydrogens is 306 g/mol. The SMILES string of the molecule is CCc1ccccc1N1C(=O)C[C@H](N2CCC(C(N)=O)CC2)C1=O. The quantitative estimate of drug-likeness (QED) is 0.838. The summed E-state index contributed by atoms with van der Waals surface area (Å²) in [6.45, 7) is 3.26. The minimum Gasteiger partial charge on any atom is -0.369 e. The average molecular weight is 329 g/mol. The van der Waals surface area contributed by atoms with Crippen LogP contribution >= 0.6 is 0 Å². The first-order valence-corrected chi connectivity index (χ1v) is 8.51. The normalized spacial score (nSPS) is 23.0. The zero-order chi connectivity index (χ0) is 17.3. The fourth-order valence-electron chi connectivity index (χ4n) is 3.68. The highest BCUT2D eigenvalue weighted by Crippen LogP contribution is 2.30. The van der Waals surface area contributed by atoms with E-state index in [1.807, 2.05) is 36.1 Å². The number of nitrogens with two attached hydrogens (primary N) is 1. The lowest BCUT2D eigenvalue weighted by Gasteiger charge is -2.33. The highest BCUT2D eigenvalue weighted by molar-refractivity contribution is 6.22. The van der Waals surface area contributed by atoms with E-state index in [0.29, 0.717) is 31.6 Å². The number of anilines is 1. The predicted octanol–water partition coefficient (Wildman–Crippen LogP) is 1.08. The summed E-state index contributed by atoms with van der Waals surface area (Å²) in [5.41, 5.74) is 7.05. The molecule has 0 saturated carbocycles. The highest BCUT2D eigenvalue weighted by Gasteiger charge is 2.44. The van der Waals surface area contributed by atoms with Gasteiger partial charge in [0.15, 0.2) is 0 Å². The standard InChI is InChI=1S/C18H23N3O3/c1-2-12-5-3-4-6-14(12)21-16(22)11-15(18(21)24)20-9-7-13(8-10-20)17(19)23/h3-6,13,15H,2,7-11H2,1H3,(H2,19,23)/t15-/m0/s1. The first kappa shape index (κ1) is 16.6. The maximum absolute atomic E-state index is 12.9. The number of primary amides is 1. The number of nitrogens with zero attached hydrogens (tertiary/aromatic N) is 2. The van der Waals surface area contributed by atoms with Gasteiger partial charge in [-0.2, -0.15) is 0 Å². The topological polar surface area (TPSA) is 83.7 Å². The molecule has 128 valence electrons. The minimum absolute atomic E-state index is 0.120. The van der Waals surface area contributed by atoms with Crippen molar-refractivity contribution in [3.05, 3.63) is 29.8 Å². The van der Waals surface area contributed by atoms with Gasteiger partial charge in [0.1, 0.15) is 0 Å². The summed E-state index contributed by atoms with van der Waals surface area (Å²) in [7, 11) is 0. The van der Waals surface area contributed by atoms with Crippen LogP contribution < -0.4 is 10.6 Å². The van der Waals surface area contributed by atoms with Crippen LogP contribution in [0.5, 0.6) is 0 Å². The Kier molecular flexibility index (Phi) is 4.66. The maximum Gasteiger partial charge on any atom is 0.251 e. The molecule has 2 heterocycles. The number of carbonyl (C=O) groups is 3. The zero-order valence-corrected chi connectivity index (χ0v) is 13.9. The van der Waals surface area contributed by atoms with Gasteiger partial charge in [-0.3, -0.25) is 19.3 Å². The van der Waals surface area contributed by atoms with Crippen LogP contribution in [0.15, 0.2) is 24.3 Å². The molecule has 0 unspecified atom stereocenters. The summed E-state index contributed by atoms with van der Waals surface area (Å²) in [5, 5.41) is 0. The number of imide groups is 1. The second-order valence-corrected chi connectivity index (χ2v) is 6.48. The second-order valence-electron chi connectivity index (χ2n) is 6.48. The predicted molar refractivity (Wildman–Crippen MR) is 90.2 cm³/mol. The molecule has 0 spiro atoms. The van der Waals surface area contributed by atoms with Gasteiger partial charge in [0.05, 0.1) is 18.2 Å². The lowest BCUT2D eigenvalue weighted by Crippen LogP contribution is -2.47. The summed E-state index contributed by atoms with van der Waals surface area (Å²) < 4.78 is 0. The largest absolute Gasteiger partial charge is 0.369 e. The summed E-state index contributed by atoms with van der Waals surface area (Å²) in [6, 6.07) is 7.12. The van der Waals surface area contributed by atoms with Crippen molar-refractivity contribution in [3.8, 4) is 0 Å². The Morgan fingerprint density at radius 1 is 1.21 bits per heavy atom. The Labute approximate surface area is 141 Å². The number of aryl methyl sites for hydroxylation is 1. The fraction of sp³-hybridized carbons (Fsp3) is 0.500. The fourth-order valence-corrected chi connectivity index (χ4v) is 3.68. The third-order valence-corrected chi connectivity index (χ3v) is 5.11. The number of piperidine rings is 1. The summed E-state index contributed by atoms with van der Waals surface area (Å²) in [6.07, 6.45) is 2.28. The van der Waals surface area contributed by atoms with Crippen molar-refractivity contribution < 1.29 is 14.4 Å². The van der Waals surface area contributed by atoms with Crippen LogP contribution in [-0.4, -0.2) is 41.8 Å². The van der Waals surface area contributed by atoms with Crippen LogP contribution in [-0.2, 0) is 20.8 Å². The number of amides is 3. The number of para-hydroxylation sites is 1. The molecular formula is C18H23N3O3. The van der Waals surface area contributed by atoms with Crippen molar-refractivity contribution in [2.75, 3.05) is 18.0 Å². The van der Waals surface area contributed by atoms with E-state index in [0.717, 1.165) is 12.0 Å². The molecule has 24 heavy (non-hydrogen) atoms.